The van der Waals surface area contributed by atoms with Crippen LogP contribution in [0.1, 0.15) is 16.3 Å². The van der Waals surface area contributed by atoms with Gasteiger partial charge in [0.2, 0.25) is 5.82 Å². The van der Waals surface area contributed by atoms with Crippen LogP contribution < -0.4 is 10.1 Å². The SMILES string of the molecule is COc1ccc(Cl)cc1NC(=O)c1nccc(C(F)(F)F)n1. The molecule has 0 aliphatic heterocycles. The second kappa shape index (κ2) is 6.18. The van der Waals surface area contributed by atoms with Crippen molar-refractivity contribution in [3.05, 3.63) is 47.0 Å². The van der Waals surface area contributed by atoms with Crippen molar-refractivity contribution < 1.29 is 22.7 Å². The molecule has 0 fully saturated rings. The summed E-state index contributed by atoms with van der Waals surface area (Å²) in [5, 5.41) is 2.68. The van der Waals surface area contributed by atoms with Gasteiger partial charge < -0.3 is 10.1 Å². The van der Waals surface area contributed by atoms with E-state index in [4.69, 9.17) is 16.3 Å². The number of alkyl halides is 3. The van der Waals surface area contributed by atoms with Gasteiger partial charge in [0.05, 0.1) is 12.8 Å². The number of benzene rings is 1. The van der Waals surface area contributed by atoms with Crippen LogP contribution in [0.25, 0.3) is 0 Å². The van der Waals surface area contributed by atoms with Crippen LogP contribution in [0.2, 0.25) is 5.02 Å². The lowest BCUT2D eigenvalue weighted by molar-refractivity contribution is -0.141. The Balaban J connectivity index is 2.28. The van der Waals surface area contributed by atoms with Gasteiger partial charge in [-0.15, -0.1) is 0 Å². The number of amides is 1. The minimum absolute atomic E-state index is 0.195. The van der Waals surface area contributed by atoms with Crippen LogP contribution in [0.3, 0.4) is 0 Å². The monoisotopic (exact) mass is 331 g/mol. The van der Waals surface area contributed by atoms with Crippen molar-refractivity contribution in [2.45, 2.75) is 6.18 Å². The minimum atomic E-state index is -4.66. The highest BCUT2D eigenvalue weighted by Gasteiger charge is 2.33. The third-order valence-electron chi connectivity index (χ3n) is 2.56. The highest BCUT2D eigenvalue weighted by molar-refractivity contribution is 6.31. The average Bonchev–Trinajstić information content (AvgIpc) is 2.47. The normalized spacial score (nSPS) is 11.1. The van der Waals surface area contributed by atoms with Crippen LogP contribution in [-0.4, -0.2) is 23.0 Å². The topological polar surface area (TPSA) is 64.1 Å². The number of ether oxygens (including phenoxy) is 1. The Labute approximate surface area is 128 Å². The molecular weight excluding hydrogens is 323 g/mol. The molecule has 0 aliphatic carbocycles. The van der Waals surface area contributed by atoms with Crippen molar-refractivity contribution in [1.29, 1.82) is 0 Å². The van der Waals surface area contributed by atoms with Crippen LogP contribution >= 0.6 is 11.6 Å². The van der Waals surface area contributed by atoms with E-state index in [0.29, 0.717) is 16.8 Å². The van der Waals surface area contributed by atoms with Crippen LogP contribution in [0.5, 0.6) is 5.75 Å². The summed E-state index contributed by atoms with van der Waals surface area (Å²) >= 11 is 5.80. The summed E-state index contributed by atoms with van der Waals surface area (Å²) in [4.78, 5) is 18.7. The van der Waals surface area contributed by atoms with E-state index < -0.39 is 23.6 Å². The Kier molecular flexibility index (Phi) is 4.51. The van der Waals surface area contributed by atoms with Crippen molar-refractivity contribution >= 4 is 23.2 Å². The smallest absolute Gasteiger partial charge is 0.433 e. The molecule has 116 valence electrons. The van der Waals surface area contributed by atoms with Gasteiger partial charge in [0, 0.05) is 11.2 Å². The number of carbonyl (C=O) groups excluding carboxylic acids is 1. The molecule has 2 aromatic rings. The molecule has 0 atom stereocenters. The van der Waals surface area contributed by atoms with Crippen molar-refractivity contribution in [3.63, 3.8) is 0 Å². The summed E-state index contributed by atoms with van der Waals surface area (Å²) in [5.74, 6) is -1.23. The number of nitrogens with zero attached hydrogens (tertiary/aromatic N) is 2. The summed E-state index contributed by atoms with van der Waals surface area (Å²) in [6.07, 6.45) is -3.80. The number of aromatic nitrogens is 2. The van der Waals surface area contributed by atoms with Gasteiger partial charge in [-0.05, 0) is 24.3 Å². The molecular formula is C13H9ClF3N3O2. The maximum Gasteiger partial charge on any atom is 0.433 e. The van der Waals surface area contributed by atoms with E-state index >= 15 is 0 Å². The number of nitrogens with one attached hydrogen (secondary N) is 1. The average molecular weight is 332 g/mol. The number of methoxy groups -OCH3 is 1. The standard InChI is InChI=1S/C13H9ClF3N3O2/c1-22-9-3-2-7(14)6-8(9)19-12(21)11-18-5-4-10(20-11)13(15,16)17/h2-6H,1H3,(H,19,21). The highest BCUT2D eigenvalue weighted by Crippen LogP contribution is 2.29. The van der Waals surface area contributed by atoms with E-state index in [-0.39, 0.29) is 5.69 Å². The van der Waals surface area contributed by atoms with Crippen LogP contribution in [0.4, 0.5) is 18.9 Å². The Hall–Kier alpha value is -2.35. The van der Waals surface area contributed by atoms with Gasteiger partial charge in [0.25, 0.3) is 5.91 Å². The lowest BCUT2D eigenvalue weighted by Gasteiger charge is -2.10. The van der Waals surface area contributed by atoms with Gasteiger partial charge in [0.1, 0.15) is 11.4 Å². The van der Waals surface area contributed by atoms with Crippen LogP contribution in [0, 0.1) is 0 Å². The van der Waals surface area contributed by atoms with Crippen LogP contribution in [0.15, 0.2) is 30.5 Å². The first-order chi connectivity index (χ1) is 10.3. The van der Waals surface area contributed by atoms with Gasteiger partial charge in [-0.25, -0.2) is 9.97 Å². The maximum atomic E-state index is 12.6. The van der Waals surface area contributed by atoms with E-state index in [9.17, 15) is 18.0 Å². The molecule has 0 saturated heterocycles. The Bertz CT molecular complexity index is 707. The van der Waals surface area contributed by atoms with Crippen molar-refractivity contribution in [2.75, 3.05) is 12.4 Å². The van der Waals surface area contributed by atoms with Gasteiger partial charge in [-0.1, -0.05) is 11.6 Å². The van der Waals surface area contributed by atoms with Gasteiger partial charge in [0.15, 0.2) is 0 Å². The number of halogens is 4. The Morgan fingerprint density at radius 1 is 1.32 bits per heavy atom. The fourth-order valence-electron chi connectivity index (χ4n) is 1.58. The molecule has 0 bridgehead atoms. The first-order valence-electron chi connectivity index (χ1n) is 5.86. The summed E-state index contributed by atoms with van der Waals surface area (Å²) < 4.78 is 42.7. The fraction of sp³-hybridized carbons (Fsp3) is 0.154. The van der Waals surface area contributed by atoms with E-state index in [1.165, 1.54) is 25.3 Å². The molecule has 0 spiro atoms. The van der Waals surface area contributed by atoms with Crippen molar-refractivity contribution in [3.8, 4) is 5.75 Å². The summed E-state index contributed by atoms with van der Waals surface area (Å²) in [6.45, 7) is 0. The number of hydrogen-bond acceptors (Lipinski definition) is 4. The molecule has 2 rings (SSSR count). The van der Waals surface area contributed by atoms with E-state index in [2.05, 4.69) is 15.3 Å². The molecule has 1 aromatic carbocycles. The van der Waals surface area contributed by atoms with Gasteiger partial charge >= 0.3 is 6.18 Å². The molecule has 1 aromatic heterocycles. The molecule has 22 heavy (non-hydrogen) atoms. The zero-order valence-electron chi connectivity index (χ0n) is 11.1. The Morgan fingerprint density at radius 3 is 2.68 bits per heavy atom. The molecule has 5 nitrogen and oxygen atoms in total. The maximum absolute atomic E-state index is 12.6. The van der Waals surface area contributed by atoms with Crippen molar-refractivity contribution in [2.24, 2.45) is 0 Å². The summed E-state index contributed by atoms with van der Waals surface area (Å²) in [6, 6.07) is 5.12. The highest BCUT2D eigenvalue weighted by atomic mass is 35.5. The number of anilines is 1. The number of carbonyl (C=O) groups is 1. The van der Waals surface area contributed by atoms with E-state index in [0.717, 1.165) is 6.20 Å². The zero-order valence-corrected chi connectivity index (χ0v) is 11.9. The second-order valence-corrected chi connectivity index (χ2v) is 4.50. The predicted molar refractivity (Wildman–Crippen MR) is 73.0 cm³/mol. The molecule has 0 saturated carbocycles. The number of hydrogen-bond donors (Lipinski definition) is 1. The summed E-state index contributed by atoms with van der Waals surface area (Å²) in [5.41, 5.74) is -1.01. The third-order valence-corrected chi connectivity index (χ3v) is 2.79. The van der Waals surface area contributed by atoms with E-state index in [1.807, 2.05) is 0 Å². The third kappa shape index (κ3) is 3.64. The molecule has 1 N–H and O–H groups in total. The molecule has 1 amide bonds. The molecule has 0 unspecified atom stereocenters. The fourth-order valence-corrected chi connectivity index (χ4v) is 1.75. The molecule has 9 heteroatoms. The lowest BCUT2D eigenvalue weighted by atomic mass is 10.3. The van der Waals surface area contributed by atoms with Crippen molar-refractivity contribution in [1.82, 2.24) is 9.97 Å². The second-order valence-electron chi connectivity index (χ2n) is 4.06. The molecule has 0 aliphatic rings. The number of rotatable bonds is 3. The summed E-state index contributed by atoms with van der Waals surface area (Å²) in [7, 11) is 1.37. The first-order valence-corrected chi connectivity index (χ1v) is 6.24. The molecule has 0 radical (unpaired) electrons. The van der Waals surface area contributed by atoms with E-state index in [1.54, 1.807) is 0 Å². The predicted octanol–water partition coefficient (Wildman–Crippen LogP) is 3.41. The van der Waals surface area contributed by atoms with Crippen LogP contribution in [-0.2, 0) is 6.18 Å². The minimum Gasteiger partial charge on any atom is -0.495 e. The van der Waals surface area contributed by atoms with Gasteiger partial charge in [-0.3, -0.25) is 4.79 Å². The molecule has 1 heterocycles. The lowest BCUT2D eigenvalue weighted by Crippen LogP contribution is -2.19. The quantitative estimate of drug-likeness (QED) is 0.936. The van der Waals surface area contributed by atoms with Gasteiger partial charge in [-0.2, -0.15) is 13.2 Å². The first kappa shape index (κ1) is 16.0. The largest absolute Gasteiger partial charge is 0.495 e. The zero-order chi connectivity index (χ0) is 16.3. The Morgan fingerprint density at radius 2 is 2.05 bits per heavy atom.